The number of ether oxygens (including phenoxy) is 1. The Balaban J connectivity index is 1.72. The number of hydrogen-bond donors (Lipinski definition) is 1. The van der Waals surface area contributed by atoms with Crippen LogP contribution in [-0.4, -0.2) is 50.3 Å². The predicted molar refractivity (Wildman–Crippen MR) is 62.1 cm³/mol. The monoisotopic (exact) mass is 212 g/mol. The van der Waals surface area contributed by atoms with Crippen molar-refractivity contribution in [1.29, 1.82) is 0 Å². The van der Waals surface area contributed by atoms with Crippen molar-refractivity contribution in [3.63, 3.8) is 0 Å². The van der Waals surface area contributed by atoms with E-state index in [1.54, 1.807) is 0 Å². The molecule has 2 unspecified atom stereocenters. The molecule has 88 valence electrons. The topological polar surface area (TPSA) is 24.5 Å². The maximum Gasteiger partial charge on any atom is 0.0646 e. The summed E-state index contributed by atoms with van der Waals surface area (Å²) in [4.78, 5) is 2.45. The molecular weight excluding hydrogens is 188 g/mol. The zero-order valence-electron chi connectivity index (χ0n) is 10.1. The minimum absolute atomic E-state index is 0.246. The van der Waals surface area contributed by atoms with Crippen molar-refractivity contribution in [3.8, 4) is 0 Å². The van der Waals surface area contributed by atoms with Crippen LogP contribution in [0.3, 0.4) is 0 Å². The lowest BCUT2D eigenvalue weighted by molar-refractivity contribution is 0.159. The molecule has 3 heteroatoms. The van der Waals surface area contributed by atoms with E-state index in [1.807, 2.05) is 0 Å². The highest BCUT2D eigenvalue weighted by Crippen LogP contribution is 2.20. The van der Waals surface area contributed by atoms with Gasteiger partial charge in [-0.05, 0) is 52.2 Å². The summed E-state index contributed by atoms with van der Waals surface area (Å²) >= 11 is 0. The number of hydrogen-bond acceptors (Lipinski definition) is 3. The van der Waals surface area contributed by atoms with Gasteiger partial charge in [-0.2, -0.15) is 0 Å². The van der Waals surface area contributed by atoms with Crippen molar-refractivity contribution in [2.24, 2.45) is 5.92 Å². The van der Waals surface area contributed by atoms with Crippen LogP contribution in [0.1, 0.15) is 26.2 Å². The molecule has 2 aliphatic heterocycles. The first-order valence-corrected chi connectivity index (χ1v) is 6.19. The highest BCUT2D eigenvalue weighted by Gasteiger charge is 2.30. The molecule has 0 aliphatic carbocycles. The number of likely N-dealkylation sites (tertiary alicyclic amines) is 1. The van der Waals surface area contributed by atoms with Gasteiger partial charge in [0.15, 0.2) is 0 Å². The summed E-state index contributed by atoms with van der Waals surface area (Å²) in [6.07, 6.45) is 3.90. The third-order valence-corrected chi connectivity index (χ3v) is 3.76. The predicted octanol–water partition coefficient (Wildman–Crippen LogP) is 1.10. The van der Waals surface area contributed by atoms with Gasteiger partial charge < -0.3 is 15.0 Å². The van der Waals surface area contributed by atoms with Gasteiger partial charge in [0.1, 0.15) is 0 Å². The Morgan fingerprint density at radius 3 is 3.07 bits per heavy atom. The summed E-state index contributed by atoms with van der Waals surface area (Å²) in [5.74, 6) is 0.834. The quantitative estimate of drug-likeness (QED) is 0.758. The van der Waals surface area contributed by atoms with Crippen LogP contribution in [0.25, 0.3) is 0 Å². The molecule has 0 aromatic rings. The van der Waals surface area contributed by atoms with E-state index in [1.165, 1.54) is 25.9 Å². The van der Waals surface area contributed by atoms with E-state index >= 15 is 0 Å². The van der Waals surface area contributed by atoms with Crippen molar-refractivity contribution in [1.82, 2.24) is 10.2 Å². The minimum atomic E-state index is 0.246. The summed E-state index contributed by atoms with van der Waals surface area (Å²) in [6, 6.07) is 0. The van der Waals surface area contributed by atoms with Crippen LogP contribution in [0, 0.1) is 5.92 Å². The molecule has 0 amide bonds. The molecule has 2 saturated heterocycles. The fourth-order valence-electron chi connectivity index (χ4n) is 2.64. The summed E-state index contributed by atoms with van der Waals surface area (Å²) < 4.78 is 5.45. The highest BCUT2D eigenvalue weighted by molar-refractivity contribution is 4.88. The standard InChI is InChI=1S/C12H24N2O/c1-12(5-7-15-10-12)13-8-11-4-3-6-14(2)9-11/h11,13H,3-10H2,1-2H3. The molecule has 0 radical (unpaired) electrons. The molecule has 3 nitrogen and oxygen atoms in total. The third kappa shape index (κ3) is 3.16. The second-order valence-corrected chi connectivity index (χ2v) is 5.51. The average Bonchev–Trinajstić information content (AvgIpc) is 2.63. The van der Waals surface area contributed by atoms with Gasteiger partial charge in [0.2, 0.25) is 0 Å². The van der Waals surface area contributed by atoms with Crippen molar-refractivity contribution >= 4 is 0 Å². The van der Waals surface area contributed by atoms with Crippen molar-refractivity contribution < 1.29 is 4.74 Å². The molecule has 0 saturated carbocycles. The highest BCUT2D eigenvalue weighted by atomic mass is 16.5. The molecule has 2 rings (SSSR count). The number of piperidine rings is 1. The maximum absolute atomic E-state index is 5.45. The summed E-state index contributed by atoms with van der Waals surface area (Å²) in [7, 11) is 2.23. The van der Waals surface area contributed by atoms with Crippen LogP contribution in [-0.2, 0) is 4.74 Å². The van der Waals surface area contributed by atoms with Crippen LogP contribution in [0.2, 0.25) is 0 Å². The van der Waals surface area contributed by atoms with Crippen LogP contribution in [0.5, 0.6) is 0 Å². The van der Waals surface area contributed by atoms with E-state index in [2.05, 4.69) is 24.2 Å². The van der Waals surface area contributed by atoms with E-state index in [9.17, 15) is 0 Å². The first-order valence-electron chi connectivity index (χ1n) is 6.19. The first kappa shape index (κ1) is 11.4. The SMILES string of the molecule is CN1CCCC(CNC2(C)CCOC2)C1. The molecule has 2 heterocycles. The van der Waals surface area contributed by atoms with Crippen molar-refractivity contribution in [3.05, 3.63) is 0 Å². The van der Waals surface area contributed by atoms with Crippen molar-refractivity contribution in [2.75, 3.05) is 39.9 Å². The summed E-state index contributed by atoms with van der Waals surface area (Å²) in [5.41, 5.74) is 0.246. The lowest BCUT2D eigenvalue weighted by atomic mass is 9.95. The molecule has 2 fully saturated rings. The average molecular weight is 212 g/mol. The molecule has 0 aromatic heterocycles. The van der Waals surface area contributed by atoms with Gasteiger partial charge in [-0.3, -0.25) is 0 Å². The Morgan fingerprint density at radius 1 is 1.53 bits per heavy atom. The van der Waals surface area contributed by atoms with E-state index in [0.29, 0.717) is 0 Å². The molecule has 0 aromatic carbocycles. The Morgan fingerprint density at radius 2 is 2.40 bits per heavy atom. The normalized spacial score (nSPS) is 38.4. The van der Waals surface area contributed by atoms with Gasteiger partial charge >= 0.3 is 0 Å². The smallest absolute Gasteiger partial charge is 0.0646 e. The van der Waals surface area contributed by atoms with Gasteiger partial charge in [0, 0.05) is 18.7 Å². The lowest BCUT2D eigenvalue weighted by Crippen LogP contribution is -2.47. The van der Waals surface area contributed by atoms with Gasteiger partial charge in [-0.15, -0.1) is 0 Å². The molecule has 1 N–H and O–H groups in total. The first-order chi connectivity index (χ1) is 7.18. The molecule has 2 atom stereocenters. The lowest BCUT2D eigenvalue weighted by Gasteiger charge is -2.33. The van der Waals surface area contributed by atoms with Gasteiger partial charge in [0.05, 0.1) is 6.61 Å². The zero-order valence-corrected chi connectivity index (χ0v) is 10.1. The second-order valence-electron chi connectivity index (χ2n) is 5.51. The molecular formula is C12H24N2O. The third-order valence-electron chi connectivity index (χ3n) is 3.76. The number of nitrogens with zero attached hydrogens (tertiary/aromatic N) is 1. The van der Waals surface area contributed by atoms with Crippen molar-refractivity contribution in [2.45, 2.75) is 31.7 Å². The fourth-order valence-corrected chi connectivity index (χ4v) is 2.64. The van der Waals surface area contributed by atoms with Gasteiger partial charge in [-0.25, -0.2) is 0 Å². The summed E-state index contributed by atoms with van der Waals surface area (Å²) in [6.45, 7) is 7.78. The summed E-state index contributed by atoms with van der Waals surface area (Å²) in [5, 5.41) is 3.70. The van der Waals surface area contributed by atoms with Crippen LogP contribution >= 0.6 is 0 Å². The Labute approximate surface area is 93.2 Å². The van der Waals surface area contributed by atoms with E-state index in [0.717, 1.165) is 32.1 Å². The number of nitrogens with one attached hydrogen (secondary N) is 1. The van der Waals surface area contributed by atoms with Crippen LogP contribution < -0.4 is 5.32 Å². The van der Waals surface area contributed by atoms with E-state index < -0.39 is 0 Å². The number of rotatable bonds is 3. The van der Waals surface area contributed by atoms with Crippen LogP contribution in [0.4, 0.5) is 0 Å². The minimum Gasteiger partial charge on any atom is -0.379 e. The largest absolute Gasteiger partial charge is 0.379 e. The Bertz CT molecular complexity index is 202. The van der Waals surface area contributed by atoms with Gasteiger partial charge in [-0.1, -0.05) is 0 Å². The van der Waals surface area contributed by atoms with Gasteiger partial charge in [0.25, 0.3) is 0 Å². The molecule has 0 spiro atoms. The Hall–Kier alpha value is -0.120. The fraction of sp³-hybridized carbons (Fsp3) is 1.00. The molecule has 0 bridgehead atoms. The molecule has 15 heavy (non-hydrogen) atoms. The van der Waals surface area contributed by atoms with E-state index in [4.69, 9.17) is 4.74 Å². The second kappa shape index (κ2) is 4.81. The van der Waals surface area contributed by atoms with E-state index in [-0.39, 0.29) is 5.54 Å². The van der Waals surface area contributed by atoms with Crippen LogP contribution in [0.15, 0.2) is 0 Å². The maximum atomic E-state index is 5.45. The Kier molecular flexibility index (Phi) is 3.65. The molecule has 2 aliphatic rings. The zero-order chi connectivity index (χ0) is 10.7.